The number of fused-ring (bicyclic) bond motifs is 10. The van der Waals surface area contributed by atoms with Crippen molar-refractivity contribution in [3.8, 4) is 33.4 Å². The molecule has 68 heavy (non-hydrogen) atoms. The third-order valence-electron chi connectivity index (χ3n) is 15.4. The summed E-state index contributed by atoms with van der Waals surface area (Å²) in [5.41, 5.74) is 21.8. The molecule has 0 spiro atoms. The van der Waals surface area contributed by atoms with Crippen molar-refractivity contribution in [3.05, 3.63) is 276 Å². The summed E-state index contributed by atoms with van der Waals surface area (Å²) in [6, 6.07) is 90.5. The first-order valence-electron chi connectivity index (χ1n) is 23.8. The van der Waals surface area contributed by atoms with Crippen molar-refractivity contribution in [2.75, 3.05) is 9.80 Å². The Kier molecular flexibility index (Phi) is 8.28. The van der Waals surface area contributed by atoms with Crippen molar-refractivity contribution < 1.29 is 0 Å². The first-order valence-corrected chi connectivity index (χ1v) is 23.8. The normalized spacial score (nSPS) is 14.2. The summed E-state index contributed by atoms with van der Waals surface area (Å²) < 4.78 is 0. The number of anilines is 6. The minimum Gasteiger partial charge on any atom is -0.310 e. The molecule has 0 bridgehead atoms. The lowest BCUT2D eigenvalue weighted by Gasteiger charge is -2.35. The molecule has 0 saturated heterocycles. The van der Waals surface area contributed by atoms with Crippen molar-refractivity contribution in [1.82, 2.24) is 0 Å². The molecule has 0 aromatic heterocycles. The number of nitrogens with zero attached hydrogens (tertiary/aromatic N) is 2. The summed E-state index contributed by atoms with van der Waals surface area (Å²) in [4.78, 5) is 4.97. The Morgan fingerprint density at radius 3 is 1.63 bits per heavy atom. The van der Waals surface area contributed by atoms with Crippen LogP contribution in [0.4, 0.5) is 34.1 Å². The molecule has 1 aliphatic heterocycles. The van der Waals surface area contributed by atoms with E-state index in [2.05, 4.69) is 266 Å². The maximum Gasteiger partial charge on any atom is 0.0714 e. The molecule has 0 N–H and O–H groups in total. The molecule has 2 heteroatoms. The number of hydrogen-bond donors (Lipinski definition) is 0. The van der Waals surface area contributed by atoms with Gasteiger partial charge in [0.2, 0.25) is 0 Å². The van der Waals surface area contributed by atoms with Gasteiger partial charge in [-0.3, -0.25) is 0 Å². The van der Waals surface area contributed by atoms with E-state index in [0.717, 1.165) is 17.1 Å². The molecule has 11 aromatic carbocycles. The predicted octanol–water partition coefficient (Wildman–Crippen LogP) is 17.6. The van der Waals surface area contributed by atoms with Gasteiger partial charge in [-0.2, -0.15) is 0 Å². The molecule has 14 rings (SSSR count). The van der Waals surface area contributed by atoms with Gasteiger partial charge in [0.1, 0.15) is 0 Å². The van der Waals surface area contributed by atoms with Crippen molar-refractivity contribution in [2.24, 2.45) is 0 Å². The van der Waals surface area contributed by atoms with Crippen molar-refractivity contribution in [1.29, 1.82) is 0 Å². The fraction of sp³-hybridized carbons (Fsp3) is 0.0606. The maximum atomic E-state index is 2.51. The number of hydrogen-bond acceptors (Lipinski definition) is 2. The van der Waals surface area contributed by atoms with Crippen molar-refractivity contribution >= 4 is 55.7 Å². The Morgan fingerprint density at radius 2 is 0.897 bits per heavy atom. The van der Waals surface area contributed by atoms with E-state index in [1.54, 1.807) is 0 Å². The lowest BCUT2D eigenvalue weighted by atomic mass is 9.67. The van der Waals surface area contributed by atoms with E-state index in [1.165, 1.54) is 105 Å². The molecule has 0 unspecified atom stereocenters. The molecular formula is C66H46N2. The van der Waals surface area contributed by atoms with E-state index in [0.29, 0.717) is 0 Å². The molecule has 1 heterocycles. The van der Waals surface area contributed by atoms with Gasteiger partial charge in [-0.25, -0.2) is 0 Å². The summed E-state index contributed by atoms with van der Waals surface area (Å²) >= 11 is 0. The van der Waals surface area contributed by atoms with Gasteiger partial charge in [0.05, 0.1) is 16.8 Å². The molecule has 0 fully saturated rings. The molecular weight excluding hydrogens is 821 g/mol. The topological polar surface area (TPSA) is 6.48 Å². The zero-order chi connectivity index (χ0) is 45.1. The summed E-state index contributed by atoms with van der Waals surface area (Å²) in [5.74, 6) is 0. The largest absolute Gasteiger partial charge is 0.310 e. The average molecular weight is 867 g/mol. The fourth-order valence-corrected chi connectivity index (χ4v) is 12.4. The van der Waals surface area contributed by atoms with Crippen LogP contribution in [-0.4, -0.2) is 0 Å². The third-order valence-corrected chi connectivity index (χ3v) is 15.4. The quantitative estimate of drug-likeness (QED) is 0.164. The summed E-state index contributed by atoms with van der Waals surface area (Å²) in [6.07, 6.45) is 0. The minimum absolute atomic E-state index is 0.277. The van der Waals surface area contributed by atoms with Crippen LogP contribution in [0.15, 0.2) is 243 Å². The molecule has 0 saturated carbocycles. The molecule has 0 amide bonds. The van der Waals surface area contributed by atoms with E-state index in [1.807, 2.05) is 0 Å². The van der Waals surface area contributed by atoms with Gasteiger partial charge in [-0.15, -0.1) is 0 Å². The van der Waals surface area contributed by atoms with E-state index < -0.39 is 5.41 Å². The van der Waals surface area contributed by atoms with Crippen LogP contribution in [-0.2, 0) is 10.8 Å². The molecule has 0 radical (unpaired) electrons. The zero-order valence-electron chi connectivity index (χ0n) is 38.0. The van der Waals surface area contributed by atoms with Gasteiger partial charge in [0.15, 0.2) is 0 Å². The second-order valence-corrected chi connectivity index (χ2v) is 19.2. The predicted molar refractivity (Wildman–Crippen MR) is 285 cm³/mol. The van der Waals surface area contributed by atoms with Crippen LogP contribution >= 0.6 is 0 Å². The Morgan fingerprint density at radius 1 is 0.353 bits per heavy atom. The highest BCUT2D eigenvalue weighted by Gasteiger charge is 2.46. The highest BCUT2D eigenvalue weighted by Crippen LogP contribution is 2.59. The van der Waals surface area contributed by atoms with Gasteiger partial charge < -0.3 is 9.80 Å². The summed E-state index contributed by atoms with van der Waals surface area (Å²) in [5, 5.41) is 5.09. The second kappa shape index (κ2) is 14.5. The van der Waals surface area contributed by atoms with Crippen LogP contribution in [0.25, 0.3) is 54.9 Å². The van der Waals surface area contributed by atoms with Crippen LogP contribution in [0.1, 0.15) is 47.2 Å². The third kappa shape index (κ3) is 5.34. The smallest absolute Gasteiger partial charge is 0.0714 e. The fourth-order valence-electron chi connectivity index (χ4n) is 12.4. The van der Waals surface area contributed by atoms with Crippen LogP contribution in [0.3, 0.4) is 0 Å². The zero-order valence-corrected chi connectivity index (χ0v) is 38.0. The highest BCUT2D eigenvalue weighted by molar-refractivity contribution is 6.19. The van der Waals surface area contributed by atoms with E-state index in [4.69, 9.17) is 0 Å². The molecule has 2 nitrogen and oxygen atoms in total. The van der Waals surface area contributed by atoms with E-state index >= 15 is 0 Å². The SMILES string of the molecule is CC1(C)c2cc(N(c3ccccc3)c3ccc4c(c3)C(c3ccccc3)(c3ccccc3)c3ccccc3-4)ccc2-c2ccc(N3c4ccc5ccccc5c4-c4cccc5cccc3c45)cc21. The monoisotopic (exact) mass is 866 g/mol. The van der Waals surface area contributed by atoms with Crippen LogP contribution in [0, 0.1) is 0 Å². The molecule has 3 aliphatic rings. The van der Waals surface area contributed by atoms with Gasteiger partial charge in [-0.05, 0) is 138 Å². The standard InChI is InChI=1S/C66H46N2/c1-65(2)58-40-48(33-36-53(58)54-37-35-50(41-59(54)65)68-61-31-17-20-44-19-16-29-56(63(44)61)64-51-27-13-12-18-43(51)32-39-62(64)68)67(47-25-10-5-11-26-47)49-34-38-55-52-28-14-15-30-57(52)66(60(55)42-49,45-21-6-3-7-22-45)46-23-8-4-9-24-46/h3-42H,1-2H3. The average Bonchev–Trinajstić information content (AvgIpc) is 3.81. The first-order chi connectivity index (χ1) is 33.5. The first kappa shape index (κ1) is 38.8. The Bertz CT molecular complexity index is 3790. The Hall–Kier alpha value is -8.46. The molecule has 11 aromatic rings. The van der Waals surface area contributed by atoms with E-state index in [-0.39, 0.29) is 5.41 Å². The number of benzene rings is 11. The number of rotatable bonds is 6. The summed E-state index contributed by atoms with van der Waals surface area (Å²) in [6.45, 7) is 4.82. The van der Waals surface area contributed by atoms with Crippen molar-refractivity contribution in [3.63, 3.8) is 0 Å². The lowest BCUT2D eigenvalue weighted by Crippen LogP contribution is -2.28. The molecule has 0 atom stereocenters. The Balaban J connectivity index is 0.923. The van der Waals surface area contributed by atoms with Crippen LogP contribution < -0.4 is 9.80 Å². The number of para-hydroxylation sites is 1. The van der Waals surface area contributed by atoms with Gasteiger partial charge in [0.25, 0.3) is 0 Å². The van der Waals surface area contributed by atoms with Gasteiger partial charge in [-0.1, -0.05) is 196 Å². The Labute approximate surface area is 397 Å². The molecule has 320 valence electrons. The van der Waals surface area contributed by atoms with Crippen molar-refractivity contribution in [2.45, 2.75) is 24.7 Å². The lowest BCUT2D eigenvalue weighted by molar-refractivity contribution is 0.660. The van der Waals surface area contributed by atoms with Crippen LogP contribution in [0.5, 0.6) is 0 Å². The van der Waals surface area contributed by atoms with Crippen LogP contribution in [0.2, 0.25) is 0 Å². The highest BCUT2D eigenvalue weighted by atomic mass is 15.2. The minimum atomic E-state index is -0.498. The second-order valence-electron chi connectivity index (χ2n) is 19.2. The summed E-state index contributed by atoms with van der Waals surface area (Å²) in [7, 11) is 0. The van der Waals surface area contributed by atoms with Gasteiger partial charge in [0, 0.05) is 39.1 Å². The van der Waals surface area contributed by atoms with Gasteiger partial charge >= 0.3 is 0 Å². The molecule has 2 aliphatic carbocycles. The maximum absolute atomic E-state index is 2.51. The van der Waals surface area contributed by atoms with E-state index in [9.17, 15) is 0 Å².